The molecule has 0 aliphatic heterocycles. The summed E-state index contributed by atoms with van der Waals surface area (Å²) in [7, 11) is 0. The lowest BCUT2D eigenvalue weighted by Crippen LogP contribution is -2.04. The van der Waals surface area contributed by atoms with Crippen molar-refractivity contribution in [3.8, 4) is 11.5 Å². The van der Waals surface area contributed by atoms with Gasteiger partial charge in [0, 0.05) is 13.0 Å². The summed E-state index contributed by atoms with van der Waals surface area (Å²) >= 11 is 0. The first-order chi connectivity index (χ1) is 15.4. The number of ether oxygens (including phenoxy) is 2. The fraction of sp³-hybridized carbons (Fsp3) is 0.143. The van der Waals surface area contributed by atoms with Crippen LogP contribution in [0.4, 0.5) is 5.69 Å². The number of anilines is 1. The third-order valence-corrected chi connectivity index (χ3v) is 5.03. The molecule has 3 heteroatoms. The maximum atomic E-state index is 6.03. The fourth-order valence-corrected chi connectivity index (χ4v) is 3.31. The average molecular weight is 410 g/mol. The topological polar surface area (TPSA) is 30.5 Å². The van der Waals surface area contributed by atoms with E-state index in [2.05, 4.69) is 53.8 Å². The van der Waals surface area contributed by atoms with Crippen LogP contribution in [-0.4, -0.2) is 6.61 Å². The summed E-state index contributed by atoms with van der Waals surface area (Å²) in [6.45, 7) is 1.94. The van der Waals surface area contributed by atoms with Gasteiger partial charge in [-0.25, -0.2) is 0 Å². The van der Waals surface area contributed by atoms with Crippen LogP contribution < -0.4 is 14.8 Å². The number of hydrogen-bond acceptors (Lipinski definition) is 3. The molecule has 0 aliphatic carbocycles. The van der Waals surface area contributed by atoms with Crippen molar-refractivity contribution in [1.29, 1.82) is 0 Å². The number of benzene rings is 4. The van der Waals surface area contributed by atoms with Crippen LogP contribution >= 0.6 is 0 Å². The van der Waals surface area contributed by atoms with Gasteiger partial charge in [0.25, 0.3) is 0 Å². The van der Waals surface area contributed by atoms with Crippen molar-refractivity contribution in [2.24, 2.45) is 0 Å². The molecule has 0 unspecified atom stereocenters. The highest BCUT2D eigenvalue weighted by Gasteiger charge is 2.04. The van der Waals surface area contributed by atoms with Crippen molar-refractivity contribution in [1.82, 2.24) is 0 Å². The van der Waals surface area contributed by atoms with Gasteiger partial charge in [0.05, 0.1) is 12.3 Å². The number of rotatable bonds is 10. The van der Waals surface area contributed by atoms with Gasteiger partial charge >= 0.3 is 0 Å². The van der Waals surface area contributed by atoms with E-state index in [1.165, 1.54) is 11.1 Å². The molecular formula is C28H27NO2. The Morgan fingerprint density at radius 3 is 1.94 bits per heavy atom. The van der Waals surface area contributed by atoms with E-state index < -0.39 is 0 Å². The molecule has 0 saturated carbocycles. The Balaban J connectivity index is 1.27. The second kappa shape index (κ2) is 10.9. The van der Waals surface area contributed by atoms with Gasteiger partial charge in [-0.05, 0) is 41.0 Å². The van der Waals surface area contributed by atoms with Gasteiger partial charge in [-0.3, -0.25) is 0 Å². The lowest BCUT2D eigenvalue weighted by molar-refractivity contribution is 0.307. The molecule has 4 rings (SSSR count). The first kappa shape index (κ1) is 20.5. The molecule has 0 aliphatic rings. The highest BCUT2D eigenvalue weighted by Crippen LogP contribution is 2.25. The van der Waals surface area contributed by atoms with E-state index in [-0.39, 0.29) is 0 Å². The first-order valence-electron chi connectivity index (χ1n) is 10.6. The molecule has 0 fully saturated rings. The van der Waals surface area contributed by atoms with Gasteiger partial charge < -0.3 is 14.8 Å². The van der Waals surface area contributed by atoms with Crippen LogP contribution in [0.3, 0.4) is 0 Å². The average Bonchev–Trinajstić information content (AvgIpc) is 2.84. The molecule has 0 amide bonds. The van der Waals surface area contributed by atoms with Gasteiger partial charge in [0.2, 0.25) is 0 Å². The van der Waals surface area contributed by atoms with Crippen LogP contribution in [-0.2, 0) is 19.6 Å². The SMILES string of the molecule is c1ccc(CCOc2ccc(CNc3ccccc3OCc3ccccc3)cc2)cc1. The predicted molar refractivity (Wildman–Crippen MR) is 127 cm³/mol. The third kappa shape index (κ3) is 6.38. The molecule has 0 spiro atoms. The van der Waals surface area contributed by atoms with Crippen LogP contribution in [0, 0.1) is 0 Å². The fourth-order valence-electron chi connectivity index (χ4n) is 3.31. The van der Waals surface area contributed by atoms with E-state index in [0.717, 1.165) is 35.7 Å². The van der Waals surface area contributed by atoms with Crippen molar-refractivity contribution in [2.45, 2.75) is 19.6 Å². The Morgan fingerprint density at radius 2 is 1.19 bits per heavy atom. The molecule has 0 heterocycles. The lowest BCUT2D eigenvalue weighted by Gasteiger charge is -2.14. The minimum Gasteiger partial charge on any atom is -0.493 e. The van der Waals surface area contributed by atoms with Crippen molar-refractivity contribution >= 4 is 5.69 Å². The monoisotopic (exact) mass is 409 g/mol. The minimum absolute atomic E-state index is 0.550. The summed E-state index contributed by atoms with van der Waals surface area (Å²) in [6, 6.07) is 36.9. The number of hydrogen-bond donors (Lipinski definition) is 1. The zero-order valence-electron chi connectivity index (χ0n) is 17.5. The summed E-state index contributed by atoms with van der Waals surface area (Å²) in [5.41, 5.74) is 4.62. The Morgan fingerprint density at radius 1 is 0.548 bits per heavy atom. The normalized spacial score (nSPS) is 10.5. The van der Waals surface area contributed by atoms with Gasteiger partial charge in [0.15, 0.2) is 0 Å². The van der Waals surface area contributed by atoms with Gasteiger partial charge in [-0.15, -0.1) is 0 Å². The first-order valence-corrected chi connectivity index (χ1v) is 10.6. The number of para-hydroxylation sites is 2. The van der Waals surface area contributed by atoms with E-state index in [0.29, 0.717) is 13.2 Å². The Labute approximate surface area is 184 Å². The van der Waals surface area contributed by atoms with Gasteiger partial charge in [0.1, 0.15) is 18.1 Å². The van der Waals surface area contributed by atoms with E-state index in [4.69, 9.17) is 9.47 Å². The largest absolute Gasteiger partial charge is 0.493 e. The van der Waals surface area contributed by atoms with Crippen molar-refractivity contribution < 1.29 is 9.47 Å². The van der Waals surface area contributed by atoms with Gasteiger partial charge in [-0.1, -0.05) is 84.9 Å². The second-order valence-corrected chi connectivity index (χ2v) is 7.35. The molecule has 4 aromatic carbocycles. The number of nitrogens with one attached hydrogen (secondary N) is 1. The van der Waals surface area contributed by atoms with Crippen LogP contribution in [0.15, 0.2) is 109 Å². The molecule has 0 aromatic heterocycles. The summed E-state index contributed by atoms with van der Waals surface area (Å²) in [5, 5.41) is 3.48. The Kier molecular flexibility index (Phi) is 7.22. The van der Waals surface area contributed by atoms with Crippen molar-refractivity contribution in [3.63, 3.8) is 0 Å². The predicted octanol–water partition coefficient (Wildman–Crippen LogP) is 6.50. The lowest BCUT2D eigenvalue weighted by atomic mass is 10.2. The molecule has 0 bridgehead atoms. The van der Waals surface area contributed by atoms with Crippen LogP contribution in [0.25, 0.3) is 0 Å². The molecule has 0 atom stereocenters. The molecule has 1 N–H and O–H groups in total. The van der Waals surface area contributed by atoms with Crippen LogP contribution in [0.5, 0.6) is 11.5 Å². The zero-order chi connectivity index (χ0) is 21.1. The van der Waals surface area contributed by atoms with E-state index >= 15 is 0 Å². The van der Waals surface area contributed by atoms with Crippen LogP contribution in [0.2, 0.25) is 0 Å². The second-order valence-electron chi connectivity index (χ2n) is 7.35. The van der Waals surface area contributed by atoms with Crippen molar-refractivity contribution in [2.75, 3.05) is 11.9 Å². The standard InChI is InChI=1S/C28H27NO2/c1-3-9-23(10-4-1)19-20-30-26-17-15-24(16-18-26)21-29-27-13-7-8-14-28(27)31-22-25-11-5-2-6-12-25/h1-18,29H,19-22H2. The Bertz CT molecular complexity index is 1050. The molecule has 0 radical (unpaired) electrons. The summed E-state index contributed by atoms with van der Waals surface area (Å²) in [5.74, 6) is 1.75. The third-order valence-electron chi connectivity index (χ3n) is 5.03. The zero-order valence-corrected chi connectivity index (χ0v) is 17.5. The molecular weight excluding hydrogens is 382 g/mol. The maximum absolute atomic E-state index is 6.03. The van der Waals surface area contributed by atoms with E-state index in [9.17, 15) is 0 Å². The molecule has 31 heavy (non-hydrogen) atoms. The Hall–Kier alpha value is -3.72. The molecule has 4 aromatic rings. The van der Waals surface area contributed by atoms with E-state index in [1.807, 2.05) is 60.7 Å². The minimum atomic E-state index is 0.550. The quantitative estimate of drug-likeness (QED) is 0.324. The summed E-state index contributed by atoms with van der Waals surface area (Å²) < 4.78 is 11.9. The van der Waals surface area contributed by atoms with Gasteiger partial charge in [-0.2, -0.15) is 0 Å². The highest BCUT2D eigenvalue weighted by atomic mass is 16.5. The molecule has 0 saturated heterocycles. The summed E-state index contributed by atoms with van der Waals surface area (Å²) in [4.78, 5) is 0. The molecule has 3 nitrogen and oxygen atoms in total. The maximum Gasteiger partial charge on any atom is 0.142 e. The highest BCUT2D eigenvalue weighted by molar-refractivity contribution is 5.56. The summed E-state index contributed by atoms with van der Waals surface area (Å²) in [6.07, 6.45) is 0.907. The molecule has 156 valence electrons. The van der Waals surface area contributed by atoms with Crippen molar-refractivity contribution in [3.05, 3.63) is 126 Å². The smallest absolute Gasteiger partial charge is 0.142 e. The van der Waals surface area contributed by atoms with E-state index in [1.54, 1.807) is 0 Å². The van der Waals surface area contributed by atoms with Crippen LogP contribution in [0.1, 0.15) is 16.7 Å².